The van der Waals surface area contributed by atoms with Crippen LogP contribution >= 0.6 is 0 Å². The van der Waals surface area contributed by atoms with Crippen molar-refractivity contribution in [1.29, 1.82) is 0 Å². The van der Waals surface area contributed by atoms with Crippen LogP contribution in [-0.2, 0) is 22.2 Å². The third kappa shape index (κ3) is 5.22. The van der Waals surface area contributed by atoms with Gasteiger partial charge in [-0.05, 0) is 31.5 Å². The Kier molecular flexibility index (Phi) is 7.27. The number of nitrogens with one attached hydrogen (secondary N) is 1. The van der Waals surface area contributed by atoms with Crippen LogP contribution in [0.4, 0.5) is 18.9 Å². The van der Waals surface area contributed by atoms with Gasteiger partial charge < -0.3 is 24.3 Å². The van der Waals surface area contributed by atoms with E-state index in [0.29, 0.717) is 50.7 Å². The van der Waals surface area contributed by atoms with Gasteiger partial charge in [0.2, 0.25) is 0 Å². The fraction of sp³-hybridized carbons (Fsp3) is 0.500. The molecule has 0 bridgehead atoms. The van der Waals surface area contributed by atoms with E-state index in [-0.39, 0.29) is 12.5 Å². The minimum absolute atomic E-state index is 0.161. The highest BCUT2D eigenvalue weighted by Gasteiger charge is 2.31. The Bertz CT molecular complexity index is 919. The van der Waals surface area contributed by atoms with Gasteiger partial charge in [-0.2, -0.15) is 13.2 Å². The third-order valence-corrected chi connectivity index (χ3v) is 5.46. The minimum atomic E-state index is -4.42. The first-order valence-electron chi connectivity index (χ1n) is 10.2. The molecular formula is C22H28F3N3O3. The molecule has 3 rings (SSSR count). The number of methoxy groups -OCH3 is 1. The van der Waals surface area contributed by atoms with Gasteiger partial charge in [0.05, 0.1) is 31.1 Å². The number of morpholine rings is 1. The Hall–Kier alpha value is -2.52. The lowest BCUT2D eigenvalue weighted by Gasteiger charge is -2.29. The number of rotatable bonds is 7. The molecule has 0 saturated carbocycles. The minimum Gasteiger partial charge on any atom is -0.383 e. The standard InChI is InChI=1S/C22H28F3N3O3/c1-15-19(27-8-11-31-12-9-27)16(2)28(20(15)21(29)26-7-10-30-3)14-17-5-4-6-18(13-17)22(23,24)25/h4-6,13H,7-12,14H2,1-3H3,(H,26,29). The number of halogens is 3. The van der Waals surface area contributed by atoms with Crippen molar-refractivity contribution in [2.75, 3.05) is 51.5 Å². The Balaban J connectivity index is 2.01. The second-order valence-corrected chi connectivity index (χ2v) is 7.54. The summed E-state index contributed by atoms with van der Waals surface area (Å²) in [5, 5.41) is 2.84. The molecule has 0 atom stereocenters. The van der Waals surface area contributed by atoms with Gasteiger partial charge >= 0.3 is 6.18 Å². The first-order valence-corrected chi connectivity index (χ1v) is 10.2. The number of anilines is 1. The van der Waals surface area contributed by atoms with Crippen molar-refractivity contribution >= 4 is 11.6 Å². The van der Waals surface area contributed by atoms with Crippen molar-refractivity contribution in [2.45, 2.75) is 26.6 Å². The zero-order chi connectivity index (χ0) is 22.6. The summed E-state index contributed by atoms with van der Waals surface area (Å²) in [5.41, 5.74) is 2.81. The van der Waals surface area contributed by atoms with Gasteiger partial charge in [0.1, 0.15) is 5.69 Å². The molecule has 1 aromatic carbocycles. The second-order valence-electron chi connectivity index (χ2n) is 7.54. The number of ether oxygens (including phenoxy) is 2. The molecule has 0 spiro atoms. The Morgan fingerprint density at radius 2 is 1.94 bits per heavy atom. The molecule has 170 valence electrons. The van der Waals surface area contributed by atoms with Crippen LogP contribution in [0.2, 0.25) is 0 Å². The fourth-order valence-corrected chi connectivity index (χ4v) is 4.00. The van der Waals surface area contributed by atoms with Gasteiger partial charge in [0.15, 0.2) is 0 Å². The maximum absolute atomic E-state index is 13.2. The van der Waals surface area contributed by atoms with Gasteiger partial charge in [-0.15, -0.1) is 0 Å². The summed E-state index contributed by atoms with van der Waals surface area (Å²) in [6.45, 7) is 7.22. The molecular weight excluding hydrogens is 411 g/mol. The SMILES string of the molecule is COCCNC(=O)c1c(C)c(N2CCOCC2)c(C)n1Cc1cccc(C(F)(F)F)c1. The lowest BCUT2D eigenvalue weighted by atomic mass is 10.1. The lowest BCUT2D eigenvalue weighted by molar-refractivity contribution is -0.137. The number of carbonyl (C=O) groups excluding carboxylic acids is 1. The van der Waals surface area contributed by atoms with E-state index in [2.05, 4.69) is 10.2 Å². The molecule has 1 fully saturated rings. The van der Waals surface area contributed by atoms with Crippen LogP contribution in [0.25, 0.3) is 0 Å². The molecule has 2 aromatic rings. The zero-order valence-electron chi connectivity index (χ0n) is 18.0. The van der Waals surface area contributed by atoms with Crippen LogP contribution in [0.3, 0.4) is 0 Å². The zero-order valence-corrected chi connectivity index (χ0v) is 18.0. The van der Waals surface area contributed by atoms with Crippen molar-refractivity contribution in [1.82, 2.24) is 9.88 Å². The van der Waals surface area contributed by atoms with Gasteiger partial charge in [0.25, 0.3) is 5.91 Å². The van der Waals surface area contributed by atoms with Crippen LogP contribution in [-0.4, -0.2) is 57.0 Å². The van der Waals surface area contributed by atoms with Gasteiger partial charge in [-0.3, -0.25) is 4.79 Å². The predicted octanol–water partition coefficient (Wildman–Crippen LogP) is 3.38. The van der Waals surface area contributed by atoms with E-state index < -0.39 is 11.7 Å². The Morgan fingerprint density at radius 3 is 2.58 bits per heavy atom. The predicted molar refractivity (Wildman–Crippen MR) is 112 cm³/mol. The molecule has 1 aliphatic heterocycles. The molecule has 0 aliphatic carbocycles. The first kappa shape index (κ1) is 23.1. The lowest BCUT2D eigenvalue weighted by Crippen LogP contribution is -2.36. The number of carbonyl (C=O) groups is 1. The van der Waals surface area contributed by atoms with E-state index in [1.54, 1.807) is 17.7 Å². The van der Waals surface area contributed by atoms with Gasteiger partial charge in [-0.25, -0.2) is 0 Å². The number of hydrogen-bond donors (Lipinski definition) is 1. The number of amides is 1. The van der Waals surface area contributed by atoms with Gasteiger partial charge in [-0.1, -0.05) is 12.1 Å². The van der Waals surface area contributed by atoms with E-state index in [1.165, 1.54) is 6.07 Å². The fourth-order valence-electron chi connectivity index (χ4n) is 4.00. The summed E-state index contributed by atoms with van der Waals surface area (Å²) in [4.78, 5) is 15.2. The summed E-state index contributed by atoms with van der Waals surface area (Å²) in [7, 11) is 1.55. The maximum Gasteiger partial charge on any atom is 0.416 e. The maximum atomic E-state index is 13.2. The first-order chi connectivity index (χ1) is 14.7. The smallest absolute Gasteiger partial charge is 0.383 e. The molecule has 6 nitrogen and oxygen atoms in total. The number of alkyl halides is 3. The van der Waals surface area contributed by atoms with Crippen LogP contribution in [0.5, 0.6) is 0 Å². The van der Waals surface area contributed by atoms with Gasteiger partial charge in [0, 0.05) is 44.5 Å². The van der Waals surface area contributed by atoms with Crippen molar-refractivity contribution in [2.24, 2.45) is 0 Å². The topological polar surface area (TPSA) is 55.7 Å². The van der Waals surface area contributed by atoms with Crippen molar-refractivity contribution in [3.63, 3.8) is 0 Å². The van der Waals surface area contributed by atoms with E-state index in [9.17, 15) is 18.0 Å². The summed E-state index contributed by atoms with van der Waals surface area (Å²) >= 11 is 0. The third-order valence-electron chi connectivity index (χ3n) is 5.46. The van der Waals surface area contributed by atoms with E-state index in [4.69, 9.17) is 9.47 Å². The van der Waals surface area contributed by atoms with Crippen LogP contribution < -0.4 is 10.2 Å². The summed E-state index contributed by atoms with van der Waals surface area (Å²) in [6.07, 6.45) is -4.42. The number of benzene rings is 1. The molecule has 0 unspecified atom stereocenters. The quantitative estimate of drug-likeness (QED) is 0.672. The summed E-state index contributed by atoms with van der Waals surface area (Å²) in [5.74, 6) is -0.274. The highest BCUT2D eigenvalue weighted by atomic mass is 19.4. The van der Waals surface area contributed by atoms with Crippen LogP contribution in [0.1, 0.15) is 32.9 Å². The number of nitrogens with zero attached hydrogens (tertiary/aromatic N) is 2. The van der Waals surface area contributed by atoms with Crippen LogP contribution in [0, 0.1) is 13.8 Å². The Labute approximate surface area is 179 Å². The van der Waals surface area contributed by atoms with Crippen molar-refractivity contribution in [3.05, 3.63) is 52.3 Å². The molecule has 0 radical (unpaired) electrons. The number of hydrogen-bond acceptors (Lipinski definition) is 4. The van der Waals surface area contributed by atoms with E-state index >= 15 is 0 Å². The highest BCUT2D eigenvalue weighted by molar-refractivity contribution is 5.96. The van der Waals surface area contributed by atoms with E-state index in [1.807, 2.05) is 13.8 Å². The molecule has 1 amide bonds. The molecule has 31 heavy (non-hydrogen) atoms. The average molecular weight is 439 g/mol. The monoisotopic (exact) mass is 439 g/mol. The molecule has 1 N–H and O–H groups in total. The molecule has 1 aliphatic rings. The largest absolute Gasteiger partial charge is 0.416 e. The molecule has 1 aromatic heterocycles. The van der Waals surface area contributed by atoms with Crippen molar-refractivity contribution < 1.29 is 27.4 Å². The van der Waals surface area contributed by atoms with Crippen LogP contribution in [0.15, 0.2) is 24.3 Å². The highest BCUT2D eigenvalue weighted by Crippen LogP contribution is 2.33. The molecule has 1 saturated heterocycles. The average Bonchev–Trinajstić information content (AvgIpc) is 2.98. The molecule has 9 heteroatoms. The number of aromatic nitrogens is 1. The Morgan fingerprint density at radius 1 is 1.23 bits per heavy atom. The molecule has 2 heterocycles. The summed E-state index contributed by atoms with van der Waals surface area (Å²) < 4.78 is 51.8. The van der Waals surface area contributed by atoms with Crippen molar-refractivity contribution in [3.8, 4) is 0 Å². The normalized spacial score (nSPS) is 14.7. The summed E-state index contributed by atoms with van der Waals surface area (Å²) in [6, 6.07) is 5.22. The van der Waals surface area contributed by atoms with E-state index in [0.717, 1.165) is 29.1 Å². The second kappa shape index (κ2) is 9.74.